The predicted molar refractivity (Wildman–Crippen MR) is 58.8 cm³/mol. The molecule has 1 heterocycles. The molecular weight excluding hydrogens is 212 g/mol. The van der Waals surface area contributed by atoms with Crippen molar-refractivity contribution in [2.75, 3.05) is 37.9 Å². The number of amides is 1. The van der Waals surface area contributed by atoms with Gasteiger partial charge in [0.1, 0.15) is 0 Å². The number of anilines is 2. The van der Waals surface area contributed by atoms with Crippen molar-refractivity contribution in [3.63, 3.8) is 0 Å². The van der Waals surface area contributed by atoms with Crippen LogP contribution in [0.1, 0.15) is 6.42 Å². The Morgan fingerprint density at radius 2 is 2.38 bits per heavy atom. The van der Waals surface area contributed by atoms with E-state index < -0.39 is 0 Å². The van der Waals surface area contributed by atoms with Gasteiger partial charge >= 0.3 is 0 Å². The molecule has 0 saturated heterocycles. The van der Waals surface area contributed by atoms with Crippen LogP contribution in [0.2, 0.25) is 0 Å². The van der Waals surface area contributed by atoms with E-state index in [4.69, 9.17) is 10.5 Å². The Morgan fingerprint density at radius 3 is 3.00 bits per heavy atom. The summed E-state index contributed by atoms with van der Waals surface area (Å²) in [7, 11) is 1.58. The standard InChI is InChI=1S/C8H16N6O2/c1-16-5-4-10-6(15)2-3-11-8-12-7(9)13-14-8/h2-5H2,1H3,(H,10,15)(H4,9,11,12,13,14). The zero-order chi connectivity index (χ0) is 11.8. The Kier molecular flexibility index (Phi) is 5.06. The second-order valence-corrected chi connectivity index (χ2v) is 3.06. The van der Waals surface area contributed by atoms with E-state index >= 15 is 0 Å². The lowest BCUT2D eigenvalue weighted by Crippen LogP contribution is -2.28. The van der Waals surface area contributed by atoms with Crippen molar-refractivity contribution in [2.45, 2.75) is 6.42 Å². The summed E-state index contributed by atoms with van der Waals surface area (Å²) in [5.74, 6) is 0.585. The zero-order valence-electron chi connectivity index (χ0n) is 9.12. The SMILES string of the molecule is COCCNC(=O)CCNc1n[nH]c(N)n1. The number of nitrogens with one attached hydrogen (secondary N) is 3. The summed E-state index contributed by atoms with van der Waals surface area (Å²) in [6.45, 7) is 1.48. The van der Waals surface area contributed by atoms with Crippen LogP contribution in [0.4, 0.5) is 11.9 Å². The quantitative estimate of drug-likeness (QED) is 0.442. The van der Waals surface area contributed by atoms with E-state index in [1.54, 1.807) is 7.11 Å². The topological polar surface area (TPSA) is 118 Å². The number of nitrogens with two attached hydrogens (primary N) is 1. The molecule has 0 aliphatic heterocycles. The predicted octanol–water partition coefficient (Wildman–Crippen LogP) is -1.05. The minimum absolute atomic E-state index is 0.0481. The molecule has 0 unspecified atom stereocenters. The van der Waals surface area contributed by atoms with E-state index in [1.165, 1.54) is 0 Å². The smallest absolute Gasteiger partial charge is 0.243 e. The van der Waals surface area contributed by atoms with Gasteiger partial charge in [0.05, 0.1) is 6.61 Å². The number of hydrogen-bond acceptors (Lipinski definition) is 6. The van der Waals surface area contributed by atoms with Crippen LogP contribution in [0, 0.1) is 0 Å². The summed E-state index contributed by atoms with van der Waals surface area (Å²) in [5.41, 5.74) is 5.33. The maximum absolute atomic E-state index is 11.2. The number of carbonyl (C=O) groups excluding carboxylic acids is 1. The minimum Gasteiger partial charge on any atom is -0.383 e. The van der Waals surface area contributed by atoms with Crippen LogP contribution in [0.3, 0.4) is 0 Å². The number of hydrogen-bond donors (Lipinski definition) is 4. The van der Waals surface area contributed by atoms with Crippen molar-refractivity contribution in [1.82, 2.24) is 20.5 Å². The molecule has 1 aromatic heterocycles. The Morgan fingerprint density at radius 1 is 1.56 bits per heavy atom. The highest BCUT2D eigenvalue weighted by molar-refractivity contribution is 5.76. The maximum Gasteiger partial charge on any atom is 0.243 e. The highest BCUT2D eigenvalue weighted by Gasteiger charge is 2.02. The molecule has 8 heteroatoms. The Labute approximate surface area is 93.0 Å². The van der Waals surface area contributed by atoms with Gasteiger partial charge in [-0.25, -0.2) is 5.10 Å². The van der Waals surface area contributed by atoms with Crippen LogP contribution in [0.25, 0.3) is 0 Å². The van der Waals surface area contributed by atoms with Crippen LogP contribution in [0.15, 0.2) is 0 Å². The summed E-state index contributed by atoms with van der Waals surface area (Å²) < 4.78 is 4.80. The molecule has 1 rings (SSSR count). The number of rotatable bonds is 7. The largest absolute Gasteiger partial charge is 0.383 e. The molecule has 1 amide bonds. The van der Waals surface area contributed by atoms with Gasteiger partial charge < -0.3 is 21.1 Å². The number of H-pyrrole nitrogens is 1. The van der Waals surface area contributed by atoms with Crippen molar-refractivity contribution in [1.29, 1.82) is 0 Å². The lowest BCUT2D eigenvalue weighted by molar-refractivity contribution is -0.121. The van der Waals surface area contributed by atoms with E-state index in [0.29, 0.717) is 32.1 Å². The van der Waals surface area contributed by atoms with E-state index in [2.05, 4.69) is 25.8 Å². The van der Waals surface area contributed by atoms with Gasteiger partial charge in [-0.1, -0.05) is 0 Å². The first-order valence-corrected chi connectivity index (χ1v) is 4.89. The molecule has 0 fully saturated rings. The Bertz CT molecular complexity index is 326. The zero-order valence-corrected chi connectivity index (χ0v) is 9.12. The second-order valence-electron chi connectivity index (χ2n) is 3.06. The van der Waals surface area contributed by atoms with Gasteiger partial charge in [-0.05, 0) is 0 Å². The molecule has 1 aromatic rings. The van der Waals surface area contributed by atoms with Gasteiger partial charge in [0.25, 0.3) is 0 Å². The van der Waals surface area contributed by atoms with Crippen molar-refractivity contribution >= 4 is 17.8 Å². The molecular formula is C8H16N6O2. The average molecular weight is 228 g/mol. The van der Waals surface area contributed by atoms with Crippen molar-refractivity contribution in [3.05, 3.63) is 0 Å². The number of aromatic amines is 1. The molecule has 0 spiro atoms. The first kappa shape index (κ1) is 12.2. The maximum atomic E-state index is 11.2. The van der Waals surface area contributed by atoms with Gasteiger partial charge in [-0.15, -0.1) is 5.10 Å². The highest BCUT2D eigenvalue weighted by atomic mass is 16.5. The van der Waals surface area contributed by atoms with Crippen LogP contribution in [-0.4, -0.2) is 47.9 Å². The number of nitrogen functional groups attached to an aromatic ring is 1. The fraction of sp³-hybridized carbons (Fsp3) is 0.625. The monoisotopic (exact) mass is 228 g/mol. The van der Waals surface area contributed by atoms with Crippen LogP contribution >= 0.6 is 0 Å². The molecule has 5 N–H and O–H groups in total. The fourth-order valence-electron chi connectivity index (χ4n) is 1.02. The summed E-state index contributed by atoms with van der Waals surface area (Å²) in [6.07, 6.45) is 0.345. The molecule has 0 radical (unpaired) electrons. The van der Waals surface area contributed by atoms with Crippen molar-refractivity contribution < 1.29 is 9.53 Å². The first-order valence-electron chi connectivity index (χ1n) is 4.89. The Hall–Kier alpha value is -1.83. The van der Waals surface area contributed by atoms with Gasteiger partial charge in [-0.2, -0.15) is 4.98 Å². The van der Waals surface area contributed by atoms with Crippen molar-refractivity contribution in [2.24, 2.45) is 0 Å². The van der Waals surface area contributed by atoms with Crippen LogP contribution in [-0.2, 0) is 9.53 Å². The Balaban J connectivity index is 2.08. The third kappa shape index (κ3) is 4.60. The molecule has 0 aromatic carbocycles. The molecule has 0 saturated carbocycles. The molecule has 0 bridgehead atoms. The summed E-state index contributed by atoms with van der Waals surface area (Å²) in [4.78, 5) is 15.1. The fourth-order valence-corrected chi connectivity index (χ4v) is 1.02. The number of aromatic nitrogens is 3. The van der Waals surface area contributed by atoms with E-state index in [-0.39, 0.29) is 11.9 Å². The molecule has 0 aliphatic carbocycles. The number of nitrogens with zero attached hydrogens (tertiary/aromatic N) is 2. The third-order valence-electron chi connectivity index (χ3n) is 1.77. The molecule has 0 aliphatic rings. The van der Waals surface area contributed by atoms with Gasteiger partial charge in [0.15, 0.2) is 0 Å². The lowest BCUT2D eigenvalue weighted by atomic mass is 10.4. The minimum atomic E-state index is -0.0481. The lowest BCUT2D eigenvalue weighted by Gasteiger charge is -2.04. The van der Waals surface area contributed by atoms with E-state index in [0.717, 1.165) is 0 Å². The number of methoxy groups -OCH3 is 1. The van der Waals surface area contributed by atoms with Crippen molar-refractivity contribution in [3.8, 4) is 0 Å². The van der Waals surface area contributed by atoms with E-state index in [1.807, 2.05) is 0 Å². The van der Waals surface area contributed by atoms with E-state index in [9.17, 15) is 4.79 Å². The number of ether oxygens (including phenoxy) is 1. The summed E-state index contributed by atoms with van der Waals surface area (Å²) in [5, 5.41) is 11.8. The molecule has 90 valence electrons. The normalized spacial score (nSPS) is 10.1. The summed E-state index contributed by atoms with van der Waals surface area (Å²) in [6, 6.07) is 0. The molecule has 8 nitrogen and oxygen atoms in total. The average Bonchev–Trinajstić information content (AvgIpc) is 2.65. The van der Waals surface area contributed by atoms with Gasteiger partial charge in [-0.3, -0.25) is 4.79 Å². The molecule has 16 heavy (non-hydrogen) atoms. The van der Waals surface area contributed by atoms with Gasteiger partial charge in [0.2, 0.25) is 17.8 Å². The van der Waals surface area contributed by atoms with Crippen LogP contribution in [0.5, 0.6) is 0 Å². The third-order valence-corrected chi connectivity index (χ3v) is 1.77. The summed E-state index contributed by atoms with van der Waals surface area (Å²) >= 11 is 0. The second kappa shape index (κ2) is 6.62. The first-order chi connectivity index (χ1) is 7.72. The van der Waals surface area contributed by atoms with Crippen LogP contribution < -0.4 is 16.4 Å². The van der Waals surface area contributed by atoms with Gasteiger partial charge in [0, 0.05) is 26.6 Å². The highest BCUT2D eigenvalue weighted by Crippen LogP contribution is 1.98. The number of carbonyl (C=O) groups is 1. The molecule has 0 atom stereocenters.